The Labute approximate surface area is 188 Å². The Kier molecular flexibility index (Phi) is 6.73. The summed E-state index contributed by atoms with van der Waals surface area (Å²) >= 11 is 0. The van der Waals surface area contributed by atoms with Crippen molar-refractivity contribution < 1.29 is 19.1 Å². The number of hydrogen-bond acceptors (Lipinski definition) is 4. The highest BCUT2D eigenvalue weighted by Gasteiger charge is 2.30. The number of amides is 3. The van der Waals surface area contributed by atoms with Crippen molar-refractivity contribution >= 4 is 23.4 Å². The van der Waals surface area contributed by atoms with Gasteiger partial charge in [0.25, 0.3) is 0 Å². The van der Waals surface area contributed by atoms with Gasteiger partial charge in [-0.05, 0) is 36.6 Å². The Morgan fingerprint density at radius 3 is 2.56 bits per heavy atom. The van der Waals surface area contributed by atoms with Crippen molar-refractivity contribution in [1.82, 2.24) is 10.2 Å². The summed E-state index contributed by atoms with van der Waals surface area (Å²) in [5.74, 6) is 0.693. The summed E-state index contributed by atoms with van der Waals surface area (Å²) in [6.07, 6.45) is 2.43. The number of anilines is 1. The highest BCUT2D eigenvalue weighted by Crippen LogP contribution is 2.25. The number of nitrogens with one attached hydrogen (secondary N) is 1. The Hall–Kier alpha value is -3.35. The van der Waals surface area contributed by atoms with Gasteiger partial charge in [0.15, 0.2) is 0 Å². The second-order valence-electron chi connectivity index (χ2n) is 8.35. The predicted molar refractivity (Wildman–Crippen MR) is 121 cm³/mol. The van der Waals surface area contributed by atoms with Crippen molar-refractivity contribution in [3.63, 3.8) is 0 Å². The molecular weight excluding hydrogens is 406 g/mol. The lowest BCUT2D eigenvalue weighted by Gasteiger charge is -2.32. The van der Waals surface area contributed by atoms with Gasteiger partial charge in [-0.2, -0.15) is 0 Å². The van der Waals surface area contributed by atoms with Crippen molar-refractivity contribution in [3.05, 3.63) is 59.7 Å². The third-order valence-corrected chi connectivity index (χ3v) is 6.21. The summed E-state index contributed by atoms with van der Waals surface area (Å²) in [5.41, 5.74) is 2.81. The maximum atomic E-state index is 12.8. The summed E-state index contributed by atoms with van der Waals surface area (Å²) in [5, 5.41) is 3.01. The number of piperidine rings is 1. The van der Waals surface area contributed by atoms with Crippen LogP contribution in [-0.2, 0) is 27.5 Å². The smallest absolute Gasteiger partial charge is 0.227 e. The molecule has 2 heterocycles. The number of ether oxygens (including phenoxy) is 1. The van der Waals surface area contributed by atoms with Gasteiger partial charge in [0.05, 0.1) is 13.0 Å². The van der Waals surface area contributed by atoms with E-state index >= 15 is 0 Å². The highest BCUT2D eigenvalue weighted by atomic mass is 16.5. The fourth-order valence-electron chi connectivity index (χ4n) is 4.37. The van der Waals surface area contributed by atoms with Crippen molar-refractivity contribution in [2.75, 3.05) is 25.1 Å². The van der Waals surface area contributed by atoms with Crippen molar-refractivity contribution in [2.24, 2.45) is 5.92 Å². The maximum Gasteiger partial charge on any atom is 0.227 e. The largest absolute Gasteiger partial charge is 0.496 e. The minimum Gasteiger partial charge on any atom is -0.496 e. The monoisotopic (exact) mass is 435 g/mol. The minimum absolute atomic E-state index is 0.0404. The molecule has 0 aromatic heterocycles. The number of hydrogen-bond donors (Lipinski definition) is 1. The van der Waals surface area contributed by atoms with Gasteiger partial charge in [0, 0.05) is 50.3 Å². The van der Waals surface area contributed by atoms with Crippen molar-refractivity contribution in [2.45, 2.75) is 38.8 Å². The zero-order valence-corrected chi connectivity index (χ0v) is 18.4. The molecular formula is C25H29N3O4. The summed E-state index contributed by atoms with van der Waals surface area (Å²) < 4.78 is 5.39. The third-order valence-electron chi connectivity index (χ3n) is 6.21. The summed E-state index contributed by atoms with van der Waals surface area (Å²) in [4.78, 5) is 40.7. The van der Waals surface area contributed by atoms with Crippen LogP contribution >= 0.6 is 0 Å². The van der Waals surface area contributed by atoms with Gasteiger partial charge in [0.1, 0.15) is 5.75 Å². The molecule has 7 heteroatoms. The normalized spacial score (nSPS) is 18.7. The summed E-state index contributed by atoms with van der Waals surface area (Å²) in [6, 6.07) is 15.4. The van der Waals surface area contributed by atoms with E-state index in [2.05, 4.69) is 5.32 Å². The molecule has 0 radical (unpaired) electrons. The first-order chi connectivity index (χ1) is 15.5. The second kappa shape index (κ2) is 9.85. The van der Waals surface area contributed by atoms with Gasteiger partial charge in [-0.25, -0.2) is 0 Å². The van der Waals surface area contributed by atoms with Crippen LogP contribution in [-0.4, -0.2) is 42.8 Å². The fraction of sp³-hybridized carbons (Fsp3) is 0.400. The molecule has 2 aliphatic rings. The summed E-state index contributed by atoms with van der Waals surface area (Å²) in [7, 11) is 1.61. The van der Waals surface area contributed by atoms with Crippen LogP contribution in [0.4, 0.5) is 5.69 Å². The number of carbonyl (C=O) groups is 3. The van der Waals surface area contributed by atoms with Crippen LogP contribution in [0.25, 0.3) is 0 Å². The molecule has 32 heavy (non-hydrogen) atoms. The molecule has 2 saturated heterocycles. The molecule has 0 aliphatic carbocycles. The van der Waals surface area contributed by atoms with Crippen molar-refractivity contribution in [3.8, 4) is 5.75 Å². The average molecular weight is 436 g/mol. The Morgan fingerprint density at radius 2 is 1.84 bits per heavy atom. The van der Waals surface area contributed by atoms with E-state index in [-0.39, 0.29) is 23.6 Å². The molecule has 1 atom stereocenters. The third kappa shape index (κ3) is 4.93. The van der Waals surface area contributed by atoms with Crippen LogP contribution in [0.15, 0.2) is 48.5 Å². The minimum atomic E-state index is -0.232. The second-order valence-corrected chi connectivity index (χ2v) is 8.35. The lowest BCUT2D eigenvalue weighted by Crippen LogP contribution is -2.45. The van der Waals surface area contributed by atoms with E-state index in [1.807, 2.05) is 48.5 Å². The van der Waals surface area contributed by atoms with E-state index in [1.165, 1.54) is 0 Å². The molecule has 3 amide bonds. The quantitative estimate of drug-likeness (QED) is 0.725. The van der Waals surface area contributed by atoms with E-state index in [0.717, 1.165) is 35.5 Å². The molecule has 0 spiro atoms. The standard InChI is InChI=1S/C25H29N3O4/c1-32-22-6-3-2-5-19(22)16-27-17-20(10-13-23(27)29)25(31)26-15-18-8-11-21(12-9-18)28-14-4-7-24(28)30/h2-3,5-6,8-9,11-12,20H,4,7,10,13-17H2,1H3,(H,26,31)/t20-/m1/s1. The van der Waals surface area contributed by atoms with E-state index in [4.69, 9.17) is 4.74 Å². The number of benzene rings is 2. The number of carbonyl (C=O) groups excluding carboxylic acids is 3. The van der Waals surface area contributed by atoms with Crippen LogP contribution in [0, 0.1) is 5.92 Å². The first kappa shape index (κ1) is 21.9. The molecule has 2 aromatic carbocycles. The Balaban J connectivity index is 1.32. The maximum absolute atomic E-state index is 12.8. The van der Waals surface area contributed by atoms with Crippen LogP contribution in [0.5, 0.6) is 5.75 Å². The number of para-hydroxylation sites is 1. The lowest BCUT2D eigenvalue weighted by atomic mass is 9.96. The van der Waals surface area contributed by atoms with E-state index < -0.39 is 0 Å². The van der Waals surface area contributed by atoms with E-state index in [0.29, 0.717) is 38.9 Å². The Morgan fingerprint density at radius 1 is 1.06 bits per heavy atom. The molecule has 1 N–H and O–H groups in total. The topological polar surface area (TPSA) is 79.0 Å². The molecule has 2 aliphatic heterocycles. The molecule has 0 saturated carbocycles. The molecule has 0 unspecified atom stereocenters. The fourth-order valence-corrected chi connectivity index (χ4v) is 4.37. The van der Waals surface area contributed by atoms with Crippen LogP contribution < -0.4 is 15.0 Å². The lowest BCUT2D eigenvalue weighted by molar-refractivity contribution is -0.139. The van der Waals surface area contributed by atoms with Gasteiger partial charge < -0.3 is 19.9 Å². The van der Waals surface area contributed by atoms with Gasteiger partial charge in [-0.15, -0.1) is 0 Å². The van der Waals surface area contributed by atoms with Crippen LogP contribution in [0.1, 0.15) is 36.8 Å². The number of likely N-dealkylation sites (tertiary alicyclic amines) is 1. The summed E-state index contributed by atoms with van der Waals surface area (Å²) in [6.45, 7) is 2.02. The molecule has 2 fully saturated rings. The van der Waals surface area contributed by atoms with Gasteiger partial charge in [-0.3, -0.25) is 14.4 Å². The number of nitrogens with zero attached hydrogens (tertiary/aromatic N) is 2. The molecule has 0 bridgehead atoms. The van der Waals surface area contributed by atoms with Gasteiger partial charge in [0.2, 0.25) is 17.7 Å². The highest BCUT2D eigenvalue weighted by molar-refractivity contribution is 5.95. The average Bonchev–Trinajstić information content (AvgIpc) is 3.25. The van der Waals surface area contributed by atoms with E-state index in [9.17, 15) is 14.4 Å². The van der Waals surface area contributed by atoms with Gasteiger partial charge >= 0.3 is 0 Å². The zero-order valence-electron chi connectivity index (χ0n) is 18.4. The SMILES string of the molecule is COc1ccccc1CN1C[C@H](C(=O)NCc2ccc(N3CCCC3=O)cc2)CCC1=O. The predicted octanol–water partition coefficient (Wildman–Crippen LogP) is 2.88. The first-order valence-corrected chi connectivity index (χ1v) is 11.1. The molecule has 7 nitrogen and oxygen atoms in total. The van der Waals surface area contributed by atoms with Crippen LogP contribution in [0.3, 0.4) is 0 Å². The molecule has 4 rings (SSSR count). The number of methoxy groups -OCH3 is 1. The zero-order chi connectivity index (χ0) is 22.5. The van der Waals surface area contributed by atoms with E-state index in [1.54, 1.807) is 16.9 Å². The first-order valence-electron chi connectivity index (χ1n) is 11.1. The van der Waals surface area contributed by atoms with Crippen molar-refractivity contribution in [1.29, 1.82) is 0 Å². The van der Waals surface area contributed by atoms with Gasteiger partial charge in [-0.1, -0.05) is 30.3 Å². The Bertz CT molecular complexity index is 989. The van der Waals surface area contributed by atoms with Crippen LogP contribution in [0.2, 0.25) is 0 Å². The molecule has 2 aromatic rings. The molecule has 168 valence electrons. The number of rotatable bonds is 7.